The lowest BCUT2D eigenvalue weighted by atomic mass is 9.72. The molecule has 3 N–H and O–H groups in total. The summed E-state index contributed by atoms with van der Waals surface area (Å²) in [7, 11) is 0. The van der Waals surface area contributed by atoms with Crippen molar-refractivity contribution in [3.8, 4) is 22.4 Å². The molecule has 2 aromatic carbocycles. The maximum Gasteiger partial charge on any atom is 0.347 e. The number of fused-ring (bicyclic) bond motifs is 3. The van der Waals surface area contributed by atoms with Gasteiger partial charge in [0.15, 0.2) is 5.65 Å². The summed E-state index contributed by atoms with van der Waals surface area (Å²) in [6, 6.07) is 22.6. The maximum atomic E-state index is 12.0. The highest BCUT2D eigenvalue weighted by Gasteiger charge is 2.34. The van der Waals surface area contributed by atoms with E-state index in [1.165, 1.54) is 16.4 Å². The monoisotopic (exact) mass is 423 g/mol. The van der Waals surface area contributed by atoms with Crippen molar-refractivity contribution >= 4 is 16.6 Å². The van der Waals surface area contributed by atoms with Crippen LogP contribution in [-0.2, 0) is 5.54 Å². The van der Waals surface area contributed by atoms with Gasteiger partial charge in [-0.3, -0.25) is 0 Å². The molecule has 0 atom stereocenters. The normalized spacial score (nSPS) is 14.8. The predicted molar refractivity (Wildman–Crippen MR) is 128 cm³/mol. The Morgan fingerprint density at radius 1 is 0.969 bits per heavy atom. The van der Waals surface area contributed by atoms with Gasteiger partial charge in [0, 0.05) is 28.2 Å². The topological polar surface area (TPSA) is 89.1 Å². The van der Waals surface area contributed by atoms with Gasteiger partial charge in [0.25, 0.3) is 0 Å². The third kappa shape index (κ3) is 3.03. The first-order chi connectivity index (χ1) is 15.1. The number of pyridine rings is 2. The summed E-state index contributed by atoms with van der Waals surface area (Å²) in [6.07, 6.45) is 4.97. The molecule has 160 valence electrons. The number of hydrogen-bond donors (Lipinski definition) is 2. The molecule has 1 aliphatic carbocycles. The number of nitrogens with zero attached hydrogens (tertiary/aromatic N) is 3. The van der Waals surface area contributed by atoms with Gasteiger partial charge in [0.1, 0.15) is 0 Å². The fourth-order valence-corrected chi connectivity index (χ4v) is 4.48. The second kappa shape index (κ2) is 7.43. The van der Waals surface area contributed by atoms with Gasteiger partial charge in [-0.15, -0.1) is 0 Å². The fourth-order valence-electron chi connectivity index (χ4n) is 4.48. The van der Waals surface area contributed by atoms with Crippen molar-refractivity contribution in [3.63, 3.8) is 0 Å². The van der Waals surface area contributed by atoms with Crippen LogP contribution in [0.4, 0.5) is 0 Å². The summed E-state index contributed by atoms with van der Waals surface area (Å²) >= 11 is 0. The third-order valence-electron chi connectivity index (χ3n) is 6.44. The van der Waals surface area contributed by atoms with Crippen molar-refractivity contribution in [2.24, 2.45) is 5.73 Å². The Morgan fingerprint density at radius 3 is 2.41 bits per heavy atom. The zero-order valence-electron chi connectivity index (χ0n) is 16.9. The SMILES string of the molecule is C.NC1(c2ccc(-c3nc4ccn5c(=O)[nH]nc5c4cc3-c3ccccc3)cc2)CCC1. The first kappa shape index (κ1) is 20.2. The number of nitrogens with two attached hydrogens (primary N) is 1. The standard InChI is InChI=1S/C25H21N5O.CH4/c26-25(12-4-13-25)18-9-7-17(8-10-18)22-19(16-5-2-1-3-6-16)15-20-21(27-22)11-14-30-23(20)28-29-24(30)31;/h1-3,5-11,14-15H,4,12-13,26H2,(H,29,31);1H4. The molecule has 0 saturated heterocycles. The van der Waals surface area contributed by atoms with E-state index in [4.69, 9.17) is 10.7 Å². The number of hydrogen-bond acceptors (Lipinski definition) is 4. The van der Waals surface area contributed by atoms with Crippen molar-refractivity contribution in [1.82, 2.24) is 19.6 Å². The van der Waals surface area contributed by atoms with Crippen LogP contribution in [0.1, 0.15) is 32.3 Å². The van der Waals surface area contributed by atoms with Crippen molar-refractivity contribution < 1.29 is 0 Å². The number of aromatic nitrogens is 4. The Bertz CT molecular complexity index is 1480. The summed E-state index contributed by atoms with van der Waals surface area (Å²) in [5.74, 6) is 0. The van der Waals surface area contributed by atoms with E-state index in [0.29, 0.717) is 5.65 Å². The number of aromatic amines is 1. The lowest BCUT2D eigenvalue weighted by molar-refractivity contribution is 0.253. The molecule has 3 heterocycles. The summed E-state index contributed by atoms with van der Waals surface area (Å²) in [4.78, 5) is 17.0. The van der Waals surface area contributed by atoms with E-state index in [0.717, 1.165) is 46.1 Å². The van der Waals surface area contributed by atoms with Gasteiger partial charge >= 0.3 is 5.69 Å². The molecule has 0 spiro atoms. The van der Waals surface area contributed by atoms with Crippen molar-refractivity contribution in [2.75, 3.05) is 0 Å². The van der Waals surface area contributed by atoms with Crippen LogP contribution in [-0.4, -0.2) is 19.6 Å². The van der Waals surface area contributed by atoms with Crippen LogP contribution in [0.3, 0.4) is 0 Å². The smallest absolute Gasteiger partial charge is 0.321 e. The number of rotatable bonds is 3. The van der Waals surface area contributed by atoms with Gasteiger partial charge < -0.3 is 5.73 Å². The Balaban J connectivity index is 0.00000216. The van der Waals surface area contributed by atoms with Gasteiger partial charge in [-0.2, -0.15) is 5.10 Å². The number of benzene rings is 2. The van der Waals surface area contributed by atoms with E-state index in [1.807, 2.05) is 24.3 Å². The first-order valence-electron chi connectivity index (χ1n) is 10.5. The highest BCUT2D eigenvalue weighted by Crippen LogP contribution is 2.40. The Morgan fingerprint density at radius 2 is 1.72 bits per heavy atom. The number of nitrogens with one attached hydrogen (secondary N) is 1. The highest BCUT2D eigenvalue weighted by molar-refractivity contribution is 5.98. The molecule has 6 rings (SSSR count). The molecule has 6 nitrogen and oxygen atoms in total. The van der Waals surface area contributed by atoms with Crippen LogP contribution in [0, 0.1) is 0 Å². The third-order valence-corrected chi connectivity index (χ3v) is 6.44. The molecule has 6 heteroatoms. The molecular formula is C26H25N5O. The molecule has 3 aromatic heterocycles. The van der Waals surface area contributed by atoms with Crippen LogP contribution in [0.25, 0.3) is 38.9 Å². The summed E-state index contributed by atoms with van der Waals surface area (Å²) in [5, 5.41) is 7.56. The average molecular weight is 424 g/mol. The molecule has 0 aliphatic heterocycles. The van der Waals surface area contributed by atoms with Crippen LogP contribution < -0.4 is 11.4 Å². The minimum atomic E-state index is -0.260. The number of H-pyrrole nitrogens is 1. The van der Waals surface area contributed by atoms with Crippen molar-refractivity contribution in [3.05, 3.63) is 89.0 Å². The molecule has 5 aromatic rings. The van der Waals surface area contributed by atoms with Gasteiger partial charge in [0.2, 0.25) is 0 Å². The van der Waals surface area contributed by atoms with E-state index in [-0.39, 0.29) is 18.7 Å². The van der Waals surface area contributed by atoms with Crippen LogP contribution >= 0.6 is 0 Å². The first-order valence-corrected chi connectivity index (χ1v) is 10.5. The largest absolute Gasteiger partial charge is 0.347 e. The lowest BCUT2D eigenvalue weighted by Crippen LogP contribution is -2.43. The van der Waals surface area contributed by atoms with E-state index >= 15 is 0 Å². The predicted octanol–water partition coefficient (Wildman–Crippen LogP) is 4.88. The summed E-state index contributed by atoms with van der Waals surface area (Å²) < 4.78 is 1.51. The van der Waals surface area contributed by atoms with Crippen LogP contribution in [0.15, 0.2) is 77.7 Å². The quantitative estimate of drug-likeness (QED) is 0.433. The highest BCUT2D eigenvalue weighted by atomic mass is 16.1. The van der Waals surface area contributed by atoms with Gasteiger partial charge in [-0.05, 0) is 42.5 Å². The molecule has 32 heavy (non-hydrogen) atoms. The molecule has 1 aliphatic rings. The van der Waals surface area contributed by atoms with Crippen LogP contribution in [0.2, 0.25) is 0 Å². The Kier molecular flexibility index (Phi) is 4.68. The van der Waals surface area contributed by atoms with Crippen molar-refractivity contribution in [2.45, 2.75) is 32.2 Å². The zero-order valence-corrected chi connectivity index (χ0v) is 16.9. The maximum absolute atomic E-state index is 12.0. The van der Waals surface area contributed by atoms with E-state index in [9.17, 15) is 4.79 Å². The van der Waals surface area contributed by atoms with Gasteiger partial charge in [-0.25, -0.2) is 19.3 Å². The fraction of sp³-hybridized carbons (Fsp3) is 0.192. The van der Waals surface area contributed by atoms with E-state index in [2.05, 4.69) is 52.7 Å². The molecule has 1 fully saturated rings. The molecular weight excluding hydrogens is 398 g/mol. The summed E-state index contributed by atoms with van der Waals surface area (Å²) in [6.45, 7) is 0. The second-order valence-electron chi connectivity index (χ2n) is 8.31. The molecule has 0 unspecified atom stereocenters. The Labute approximate surface area is 185 Å². The molecule has 0 bridgehead atoms. The van der Waals surface area contributed by atoms with Crippen molar-refractivity contribution in [1.29, 1.82) is 0 Å². The summed E-state index contributed by atoms with van der Waals surface area (Å²) in [5.41, 5.74) is 12.6. The van der Waals surface area contributed by atoms with Crippen LogP contribution in [0.5, 0.6) is 0 Å². The molecule has 1 saturated carbocycles. The zero-order chi connectivity index (χ0) is 21.0. The van der Waals surface area contributed by atoms with Gasteiger partial charge in [0.05, 0.1) is 11.2 Å². The van der Waals surface area contributed by atoms with Gasteiger partial charge in [-0.1, -0.05) is 62.0 Å². The average Bonchev–Trinajstić information content (AvgIpc) is 3.18. The Hall–Kier alpha value is -3.77. The lowest BCUT2D eigenvalue weighted by Gasteiger charge is -2.38. The molecule has 0 amide bonds. The minimum Gasteiger partial charge on any atom is -0.321 e. The second-order valence-corrected chi connectivity index (χ2v) is 8.31. The molecule has 0 radical (unpaired) electrons. The van der Waals surface area contributed by atoms with E-state index in [1.54, 1.807) is 6.20 Å². The van der Waals surface area contributed by atoms with E-state index < -0.39 is 0 Å². The minimum absolute atomic E-state index is 0.